The fourth-order valence-corrected chi connectivity index (χ4v) is 4.99. The van der Waals surface area contributed by atoms with Gasteiger partial charge in [-0.3, -0.25) is 0 Å². The molecule has 1 aromatic rings. The smallest absolute Gasteiger partial charge is 0.0707 e. The van der Waals surface area contributed by atoms with Gasteiger partial charge in [0.05, 0.1) is 6.10 Å². The lowest BCUT2D eigenvalue weighted by atomic mass is 10.0. The molecule has 0 bridgehead atoms. The van der Waals surface area contributed by atoms with Crippen LogP contribution in [-0.2, 0) is 6.42 Å². The molecule has 0 aliphatic carbocycles. The lowest BCUT2D eigenvalue weighted by Gasteiger charge is -2.26. The number of rotatable bonds is 3. The number of hydrogen-bond donors (Lipinski definition) is 1. The van der Waals surface area contributed by atoms with Crippen molar-refractivity contribution < 1.29 is 5.11 Å². The molecule has 1 heterocycles. The molecule has 1 fully saturated rings. The standard InChI is InChI=1S/C13H17ClOS2/c1-9-2-3-10(11(14)6-9)7-12(15)13-8-16-4-5-17-13/h2-3,6,12-13,15H,4-5,7-8H2,1H3. The minimum absolute atomic E-state index is 0.284. The fourth-order valence-electron chi connectivity index (χ4n) is 1.90. The van der Waals surface area contributed by atoms with E-state index in [0.717, 1.165) is 27.7 Å². The maximum absolute atomic E-state index is 10.2. The highest BCUT2D eigenvalue weighted by atomic mass is 35.5. The van der Waals surface area contributed by atoms with Crippen molar-refractivity contribution in [2.75, 3.05) is 17.3 Å². The summed E-state index contributed by atoms with van der Waals surface area (Å²) in [5, 5.41) is 11.4. The molecule has 1 aliphatic heterocycles. The highest BCUT2D eigenvalue weighted by Crippen LogP contribution is 2.29. The number of aliphatic hydroxyl groups is 1. The Kier molecular flexibility index (Phi) is 5.10. The van der Waals surface area contributed by atoms with E-state index >= 15 is 0 Å². The van der Waals surface area contributed by atoms with Crippen molar-refractivity contribution in [3.63, 3.8) is 0 Å². The summed E-state index contributed by atoms with van der Waals surface area (Å²) in [6.07, 6.45) is 0.380. The summed E-state index contributed by atoms with van der Waals surface area (Å²) in [6, 6.07) is 6.05. The van der Waals surface area contributed by atoms with Gasteiger partial charge in [-0.1, -0.05) is 23.7 Å². The van der Waals surface area contributed by atoms with Gasteiger partial charge in [0.15, 0.2) is 0 Å². The van der Waals surface area contributed by atoms with E-state index in [4.69, 9.17) is 11.6 Å². The minimum Gasteiger partial charge on any atom is -0.392 e. The largest absolute Gasteiger partial charge is 0.392 e. The number of halogens is 1. The Hall–Kier alpha value is 0.170. The first kappa shape index (κ1) is 13.6. The van der Waals surface area contributed by atoms with E-state index in [1.54, 1.807) is 0 Å². The van der Waals surface area contributed by atoms with E-state index in [0.29, 0.717) is 11.7 Å². The average molecular weight is 289 g/mol. The van der Waals surface area contributed by atoms with E-state index in [1.807, 2.05) is 42.6 Å². The van der Waals surface area contributed by atoms with E-state index in [9.17, 15) is 5.11 Å². The van der Waals surface area contributed by atoms with Gasteiger partial charge in [0, 0.05) is 34.0 Å². The molecule has 2 rings (SSSR count). The van der Waals surface area contributed by atoms with Crippen molar-refractivity contribution >= 4 is 35.1 Å². The first-order valence-electron chi connectivity index (χ1n) is 5.79. The van der Waals surface area contributed by atoms with Crippen molar-refractivity contribution in [1.82, 2.24) is 0 Å². The van der Waals surface area contributed by atoms with Gasteiger partial charge >= 0.3 is 0 Å². The molecule has 94 valence electrons. The van der Waals surface area contributed by atoms with E-state index in [-0.39, 0.29) is 6.10 Å². The maximum Gasteiger partial charge on any atom is 0.0707 e. The van der Waals surface area contributed by atoms with Crippen LogP contribution in [0, 0.1) is 6.92 Å². The zero-order valence-corrected chi connectivity index (χ0v) is 12.2. The molecule has 1 nitrogen and oxygen atoms in total. The van der Waals surface area contributed by atoms with Gasteiger partial charge in [-0.25, -0.2) is 0 Å². The van der Waals surface area contributed by atoms with Gasteiger partial charge < -0.3 is 5.11 Å². The van der Waals surface area contributed by atoms with Crippen LogP contribution in [0.15, 0.2) is 18.2 Å². The van der Waals surface area contributed by atoms with Crippen LogP contribution in [-0.4, -0.2) is 33.7 Å². The van der Waals surface area contributed by atoms with Crippen molar-refractivity contribution in [3.8, 4) is 0 Å². The minimum atomic E-state index is -0.284. The summed E-state index contributed by atoms with van der Waals surface area (Å²) in [6.45, 7) is 2.03. The first-order valence-corrected chi connectivity index (χ1v) is 8.37. The van der Waals surface area contributed by atoms with Crippen LogP contribution in [0.5, 0.6) is 0 Å². The quantitative estimate of drug-likeness (QED) is 0.921. The van der Waals surface area contributed by atoms with Crippen molar-refractivity contribution in [2.24, 2.45) is 0 Å². The number of benzene rings is 1. The second-order valence-electron chi connectivity index (χ2n) is 4.35. The van der Waals surface area contributed by atoms with Crippen molar-refractivity contribution in [1.29, 1.82) is 0 Å². The Morgan fingerprint density at radius 2 is 2.29 bits per heavy atom. The molecule has 4 heteroatoms. The molecule has 0 radical (unpaired) electrons. The predicted octanol–water partition coefficient (Wildman–Crippen LogP) is 3.40. The van der Waals surface area contributed by atoms with Crippen LogP contribution in [0.25, 0.3) is 0 Å². The number of aliphatic hydroxyl groups excluding tert-OH is 1. The van der Waals surface area contributed by atoms with E-state index in [1.165, 1.54) is 5.75 Å². The number of thioether (sulfide) groups is 2. The monoisotopic (exact) mass is 288 g/mol. The van der Waals surface area contributed by atoms with Crippen LogP contribution in [0.3, 0.4) is 0 Å². The van der Waals surface area contributed by atoms with Gasteiger partial charge in [-0.15, -0.1) is 0 Å². The van der Waals surface area contributed by atoms with E-state index < -0.39 is 0 Å². The Morgan fingerprint density at radius 3 is 2.94 bits per heavy atom. The Labute approximate surface area is 116 Å². The van der Waals surface area contributed by atoms with Crippen LogP contribution >= 0.6 is 35.1 Å². The first-order chi connectivity index (χ1) is 8.16. The third-order valence-electron chi connectivity index (χ3n) is 2.91. The summed E-state index contributed by atoms with van der Waals surface area (Å²) in [7, 11) is 0. The van der Waals surface area contributed by atoms with Gasteiger partial charge in [0.2, 0.25) is 0 Å². The third-order valence-corrected chi connectivity index (χ3v) is 6.17. The molecule has 1 saturated heterocycles. The summed E-state index contributed by atoms with van der Waals surface area (Å²) < 4.78 is 0. The van der Waals surface area contributed by atoms with Crippen LogP contribution < -0.4 is 0 Å². The van der Waals surface area contributed by atoms with Gasteiger partial charge in [-0.05, 0) is 24.1 Å². The van der Waals surface area contributed by atoms with Crippen LogP contribution in [0.4, 0.5) is 0 Å². The highest BCUT2D eigenvalue weighted by Gasteiger charge is 2.23. The van der Waals surface area contributed by atoms with Crippen molar-refractivity contribution in [2.45, 2.75) is 24.7 Å². The second kappa shape index (κ2) is 6.37. The lowest BCUT2D eigenvalue weighted by Crippen LogP contribution is -2.30. The third kappa shape index (κ3) is 3.82. The predicted molar refractivity (Wildman–Crippen MR) is 79.5 cm³/mol. The summed E-state index contributed by atoms with van der Waals surface area (Å²) in [5.74, 6) is 3.41. The molecule has 1 N–H and O–H groups in total. The molecule has 1 aliphatic rings. The van der Waals surface area contributed by atoms with Crippen LogP contribution in [0.1, 0.15) is 11.1 Å². The molecule has 17 heavy (non-hydrogen) atoms. The Bertz CT molecular complexity index is 378. The Balaban J connectivity index is 1.99. The zero-order valence-electron chi connectivity index (χ0n) is 9.86. The van der Waals surface area contributed by atoms with Gasteiger partial charge in [0.1, 0.15) is 0 Å². The molecule has 1 aromatic carbocycles. The highest BCUT2D eigenvalue weighted by molar-refractivity contribution is 8.06. The van der Waals surface area contributed by atoms with Crippen molar-refractivity contribution in [3.05, 3.63) is 34.3 Å². The maximum atomic E-state index is 10.2. The second-order valence-corrected chi connectivity index (χ2v) is 7.25. The normalized spacial score (nSPS) is 22.4. The molecule has 0 aromatic heterocycles. The van der Waals surface area contributed by atoms with Gasteiger partial charge in [-0.2, -0.15) is 23.5 Å². The SMILES string of the molecule is Cc1ccc(CC(O)C2CSCCS2)c(Cl)c1. The topological polar surface area (TPSA) is 20.2 Å². The number of aryl methyl sites for hydroxylation is 1. The van der Waals surface area contributed by atoms with Gasteiger partial charge in [0.25, 0.3) is 0 Å². The fraction of sp³-hybridized carbons (Fsp3) is 0.538. The molecular weight excluding hydrogens is 272 g/mol. The average Bonchev–Trinajstić information content (AvgIpc) is 2.34. The van der Waals surface area contributed by atoms with E-state index in [2.05, 4.69) is 6.07 Å². The lowest BCUT2D eigenvalue weighted by molar-refractivity contribution is 0.177. The summed E-state index contributed by atoms with van der Waals surface area (Å²) in [5.41, 5.74) is 2.22. The summed E-state index contributed by atoms with van der Waals surface area (Å²) >= 11 is 10.0. The summed E-state index contributed by atoms with van der Waals surface area (Å²) in [4.78, 5) is 0. The molecule has 0 amide bonds. The molecule has 0 spiro atoms. The molecule has 2 unspecified atom stereocenters. The Morgan fingerprint density at radius 1 is 1.47 bits per heavy atom. The molecular formula is C13H17ClOS2. The molecule has 0 saturated carbocycles. The molecule has 2 atom stereocenters. The number of hydrogen-bond acceptors (Lipinski definition) is 3. The van der Waals surface area contributed by atoms with Crippen LogP contribution in [0.2, 0.25) is 5.02 Å². The zero-order chi connectivity index (χ0) is 12.3.